The van der Waals surface area contributed by atoms with Crippen LogP contribution in [0.1, 0.15) is 52.5 Å². The van der Waals surface area contributed by atoms with Crippen molar-refractivity contribution in [3.63, 3.8) is 0 Å². The molecule has 46 heavy (non-hydrogen) atoms. The highest BCUT2D eigenvalue weighted by molar-refractivity contribution is 9.10. The Bertz CT molecular complexity index is 1730. The highest BCUT2D eigenvalue weighted by Crippen LogP contribution is 2.44. The Hall–Kier alpha value is -3.17. The summed E-state index contributed by atoms with van der Waals surface area (Å²) in [4.78, 5) is 2.25. The highest BCUT2D eigenvalue weighted by atomic mass is 79.9. The van der Waals surface area contributed by atoms with Crippen LogP contribution in [0.25, 0.3) is 10.4 Å². The molecule has 1 aliphatic rings. The van der Waals surface area contributed by atoms with Gasteiger partial charge < -0.3 is 19.3 Å². The maximum atomic E-state index is 13.5. The molecule has 5 aromatic rings. The number of thiophene rings is 1. The maximum absolute atomic E-state index is 13.5. The van der Waals surface area contributed by atoms with Gasteiger partial charge in [-0.25, -0.2) is 4.39 Å². The van der Waals surface area contributed by atoms with E-state index in [-0.39, 0.29) is 11.9 Å². The van der Waals surface area contributed by atoms with Gasteiger partial charge in [0, 0.05) is 32.6 Å². The fraction of sp³-hybridized carbons (Fsp3) is 0.282. The molecule has 7 heteroatoms. The number of benzene rings is 4. The molecule has 238 valence electrons. The second kappa shape index (κ2) is 14.7. The Kier molecular flexibility index (Phi) is 10.5. The van der Waals surface area contributed by atoms with E-state index in [2.05, 4.69) is 41.9 Å². The number of halogens is 2. The van der Waals surface area contributed by atoms with Gasteiger partial charge in [0.05, 0.1) is 25.4 Å². The van der Waals surface area contributed by atoms with E-state index in [0.717, 1.165) is 43.6 Å². The molecule has 0 spiro atoms. The van der Waals surface area contributed by atoms with Gasteiger partial charge in [-0.05, 0) is 77.6 Å². The van der Waals surface area contributed by atoms with Gasteiger partial charge in [0.15, 0.2) is 0 Å². The van der Waals surface area contributed by atoms with Crippen LogP contribution in [-0.4, -0.2) is 23.4 Å². The second-order valence-corrected chi connectivity index (χ2v) is 13.9. The molecule has 0 radical (unpaired) electrons. The number of aryl methyl sites for hydroxylation is 1. The first kappa shape index (κ1) is 32.8. The Morgan fingerprint density at radius 1 is 0.891 bits per heavy atom. The number of aliphatic hydroxyl groups is 1. The zero-order chi connectivity index (χ0) is 32.1. The van der Waals surface area contributed by atoms with Gasteiger partial charge in [-0.15, -0.1) is 11.3 Å². The molecule has 4 nitrogen and oxygen atoms in total. The lowest BCUT2D eigenvalue weighted by Crippen LogP contribution is -2.57. The van der Waals surface area contributed by atoms with Crippen LogP contribution in [0.5, 0.6) is 0 Å². The van der Waals surface area contributed by atoms with Crippen LogP contribution >= 0.6 is 27.3 Å². The molecule has 1 fully saturated rings. The molecule has 0 aliphatic carbocycles. The van der Waals surface area contributed by atoms with Crippen molar-refractivity contribution in [2.45, 2.75) is 70.4 Å². The first-order valence-electron chi connectivity index (χ1n) is 15.7. The van der Waals surface area contributed by atoms with Gasteiger partial charge in [0.1, 0.15) is 11.9 Å². The molecule has 0 bridgehead atoms. The summed E-state index contributed by atoms with van der Waals surface area (Å²) in [5.74, 6) is -2.02. The molecule has 0 saturated carbocycles. The minimum Gasteiger partial charge on any atom is -0.371 e. The smallest absolute Gasteiger partial charge is 0.223 e. The van der Waals surface area contributed by atoms with Crippen molar-refractivity contribution in [1.29, 1.82) is 0 Å². The number of hydrogen-bond acceptors (Lipinski definition) is 5. The lowest BCUT2D eigenvalue weighted by Gasteiger charge is -2.47. The Morgan fingerprint density at radius 3 is 2.20 bits per heavy atom. The van der Waals surface area contributed by atoms with E-state index in [1.807, 2.05) is 72.8 Å². The summed E-state index contributed by atoms with van der Waals surface area (Å²) in [5, 5.41) is 12.7. The number of ether oxygens (including phenoxy) is 3. The highest BCUT2D eigenvalue weighted by Gasteiger charge is 2.52. The standard InChI is InChI=1S/C39H38BrFO4S/c1-3-32-23-36(43-24-27-10-6-4-7-11-27)38(44-25-28-12-8-5-9-13-28)39(42,45-32)34-22-30(26(2)20-35(34)40)21-33-18-19-37(46-33)29-14-16-31(41)17-15-29/h4-20,22,32,36,38,42H,3,21,23-25H2,1-2H3/t32-,36+,38-,39?/m1/s1. The van der Waals surface area contributed by atoms with Crippen molar-refractivity contribution in [1.82, 2.24) is 0 Å². The fourth-order valence-corrected chi connectivity index (χ4v) is 7.77. The maximum Gasteiger partial charge on any atom is 0.223 e. The van der Waals surface area contributed by atoms with Crippen molar-refractivity contribution in [3.05, 3.63) is 152 Å². The summed E-state index contributed by atoms with van der Waals surface area (Å²) in [5.41, 5.74) is 5.83. The molecule has 1 N–H and O–H groups in total. The van der Waals surface area contributed by atoms with Crippen LogP contribution < -0.4 is 0 Å². The minimum absolute atomic E-state index is 0.227. The van der Waals surface area contributed by atoms with E-state index in [9.17, 15) is 9.50 Å². The summed E-state index contributed by atoms with van der Waals surface area (Å²) in [6.45, 7) is 4.85. The summed E-state index contributed by atoms with van der Waals surface area (Å²) < 4.78 is 34.0. The summed E-state index contributed by atoms with van der Waals surface area (Å²) in [6.07, 6.45) is 0.556. The third-order valence-electron chi connectivity index (χ3n) is 8.57. The van der Waals surface area contributed by atoms with Crippen molar-refractivity contribution in [2.24, 2.45) is 0 Å². The third kappa shape index (κ3) is 7.52. The van der Waals surface area contributed by atoms with Gasteiger partial charge in [-0.1, -0.05) is 95.7 Å². The molecule has 6 rings (SSSR count). The minimum atomic E-state index is -1.77. The zero-order valence-corrected chi connectivity index (χ0v) is 28.4. The van der Waals surface area contributed by atoms with Crippen LogP contribution in [0.4, 0.5) is 4.39 Å². The third-order valence-corrected chi connectivity index (χ3v) is 10.4. The van der Waals surface area contributed by atoms with Gasteiger partial charge in [0.25, 0.3) is 0 Å². The van der Waals surface area contributed by atoms with Crippen LogP contribution in [0.15, 0.2) is 114 Å². The van der Waals surface area contributed by atoms with Crippen LogP contribution in [0, 0.1) is 12.7 Å². The molecule has 0 amide bonds. The lowest BCUT2D eigenvalue weighted by atomic mass is 9.87. The lowest BCUT2D eigenvalue weighted by molar-refractivity contribution is -0.347. The average molecular weight is 702 g/mol. The van der Waals surface area contributed by atoms with Crippen molar-refractivity contribution in [3.8, 4) is 10.4 Å². The average Bonchev–Trinajstić information content (AvgIpc) is 3.54. The predicted octanol–water partition coefficient (Wildman–Crippen LogP) is 9.73. The van der Waals surface area contributed by atoms with Crippen molar-refractivity contribution in [2.75, 3.05) is 0 Å². The fourth-order valence-electron chi connectivity index (χ4n) is 6.00. The van der Waals surface area contributed by atoms with E-state index < -0.39 is 18.0 Å². The van der Waals surface area contributed by atoms with E-state index in [1.165, 1.54) is 17.0 Å². The van der Waals surface area contributed by atoms with Crippen LogP contribution in [0.3, 0.4) is 0 Å². The molecule has 4 aromatic carbocycles. The van der Waals surface area contributed by atoms with Gasteiger partial charge in [0.2, 0.25) is 5.79 Å². The first-order chi connectivity index (χ1) is 22.3. The largest absolute Gasteiger partial charge is 0.371 e. The van der Waals surface area contributed by atoms with Gasteiger partial charge in [-0.3, -0.25) is 0 Å². The summed E-state index contributed by atoms with van der Waals surface area (Å²) in [6, 6.07) is 34.9. The van der Waals surface area contributed by atoms with Gasteiger partial charge in [-0.2, -0.15) is 0 Å². The number of hydrogen-bond donors (Lipinski definition) is 1. The molecule has 1 aromatic heterocycles. The monoisotopic (exact) mass is 700 g/mol. The van der Waals surface area contributed by atoms with Crippen molar-refractivity contribution >= 4 is 27.3 Å². The number of rotatable bonds is 11. The quantitative estimate of drug-likeness (QED) is 0.149. The molecule has 2 heterocycles. The SMILES string of the molecule is CC[C@@H]1C[C@H](OCc2ccccc2)[C@@H](OCc2ccccc2)C(O)(c2cc(Cc3ccc(-c4ccc(F)cc4)s3)c(C)cc2Br)O1. The molecular weight excluding hydrogens is 663 g/mol. The van der Waals surface area contributed by atoms with Crippen LogP contribution in [0.2, 0.25) is 0 Å². The van der Waals surface area contributed by atoms with E-state index in [1.54, 1.807) is 23.5 Å². The van der Waals surface area contributed by atoms with E-state index in [4.69, 9.17) is 14.2 Å². The molecule has 1 aliphatic heterocycles. The van der Waals surface area contributed by atoms with Gasteiger partial charge >= 0.3 is 0 Å². The summed E-state index contributed by atoms with van der Waals surface area (Å²) in [7, 11) is 0. The molecule has 1 unspecified atom stereocenters. The normalized spacial score (nSPS) is 21.4. The van der Waals surface area contributed by atoms with E-state index in [0.29, 0.717) is 31.6 Å². The predicted molar refractivity (Wildman–Crippen MR) is 185 cm³/mol. The van der Waals surface area contributed by atoms with E-state index >= 15 is 0 Å². The summed E-state index contributed by atoms with van der Waals surface area (Å²) >= 11 is 5.46. The van der Waals surface area contributed by atoms with Crippen molar-refractivity contribution < 1.29 is 23.7 Å². The Balaban J connectivity index is 1.33. The second-order valence-electron chi connectivity index (χ2n) is 11.8. The Labute approximate surface area is 282 Å². The zero-order valence-electron chi connectivity index (χ0n) is 26.0. The Morgan fingerprint density at radius 2 is 1.54 bits per heavy atom. The van der Waals surface area contributed by atoms with Crippen LogP contribution in [-0.2, 0) is 39.6 Å². The molecular formula is C39H38BrFO4S. The molecule has 1 saturated heterocycles. The topological polar surface area (TPSA) is 47.9 Å². The molecule has 4 atom stereocenters. The first-order valence-corrected chi connectivity index (χ1v) is 17.3.